The number of hydrogen-bond acceptors (Lipinski definition) is 4. The lowest BCUT2D eigenvalue weighted by atomic mass is 10.1. The van der Waals surface area contributed by atoms with E-state index in [2.05, 4.69) is 37.4 Å². The maximum Gasteiger partial charge on any atom is 0.242 e. The minimum atomic E-state index is -0.565. The summed E-state index contributed by atoms with van der Waals surface area (Å²) < 4.78 is 5.32. The van der Waals surface area contributed by atoms with Gasteiger partial charge in [0.1, 0.15) is 11.8 Å². The predicted octanol–water partition coefficient (Wildman–Crippen LogP) is 4.88. The fourth-order valence-electron chi connectivity index (χ4n) is 3.51. The standard InChI is InChI=1S/C26H36N2O3S/c1-7-20(4)27-26(30)21(5)28(15-22-9-8-10-24(14-22)31-6)25(29)17-32-16-23-12-18(2)11-19(3)13-23/h8-14,20-21H,7,15-17H2,1-6H3,(H,27,30). The maximum absolute atomic E-state index is 13.2. The zero-order chi connectivity index (χ0) is 23.7. The highest BCUT2D eigenvalue weighted by Gasteiger charge is 2.26. The summed E-state index contributed by atoms with van der Waals surface area (Å²) in [6, 6.07) is 13.6. The minimum Gasteiger partial charge on any atom is -0.497 e. The molecule has 2 rings (SSSR count). The van der Waals surface area contributed by atoms with E-state index in [1.807, 2.05) is 38.1 Å². The van der Waals surface area contributed by atoms with Gasteiger partial charge in [0, 0.05) is 18.3 Å². The van der Waals surface area contributed by atoms with E-state index in [1.54, 1.807) is 30.7 Å². The van der Waals surface area contributed by atoms with Gasteiger partial charge in [-0.2, -0.15) is 0 Å². The van der Waals surface area contributed by atoms with Crippen LogP contribution in [0, 0.1) is 13.8 Å². The zero-order valence-electron chi connectivity index (χ0n) is 20.1. The van der Waals surface area contributed by atoms with Crippen molar-refractivity contribution in [1.29, 1.82) is 0 Å². The molecule has 0 spiro atoms. The van der Waals surface area contributed by atoms with Crippen molar-refractivity contribution in [2.24, 2.45) is 0 Å². The zero-order valence-corrected chi connectivity index (χ0v) is 20.9. The van der Waals surface area contributed by atoms with Crippen molar-refractivity contribution in [2.75, 3.05) is 12.9 Å². The van der Waals surface area contributed by atoms with Crippen molar-refractivity contribution in [2.45, 2.75) is 65.4 Å². The average molecular weight is 457 g/mol. The van der Waals surface area contributed by atoms with Crippen LogP contribution >= 0.6 is 11.8 Å². The van der Waals surface area contributed by atoms with Crippen LogP contribution in [0.1, 0.15) is 49.4 Å². The molecule has 5 nitrogen and oxygen atoms in total. The van der Waals surface area contributed by atoms with Gasteiger partial charge in [-0.3, -0.25) is 9.59 Å². The van der Waals surface area contributed by atoms with Crippen molar-refractivity contribution in [3.05, 3.63) is 64.7 Å². The second-order valence-corrected chi connectivity index (χ2v) is 9.34. The molecule has 0 aliphatic heterocycles. The number of hydrogen-bond donors (Lipinski definition) is 1. The molecule has 1 N–H and O–H groups in total. The first-order chi connectivity index (χ1) is 15.2. The van der Waals surface area contributed by atoms with Gasteiger partial charge in [-0.25, -0.2) is 0 Å². The monoisotopic (exact) mass is 456 g/mol. The number of carbonyl (C=O) groups is 2. The number of aryl methyl sites for hydroxylation is 2. The van der Waals surface area contributed by atoms with Gasteiger partial charge in [-0.1, -0.05) is 48.4 Å². The quantitative estimate of drug-likeness (QED) is 0.524. The third-order valence-electron chi connectivity index (χ3n) is 5.43. The molecule has 0 aliphatic rings. The molecule has 0 radical (unpaired) electrons. The Labute approximate surface area is 196 Å². The molecular formula is C26H36N2O3S. The molecule has 2 aromatic rings. The second-order valence-electron chi connectivity index (χ2n) is 8.36. The Balaban J connectivity index is 2.12. The molecule has 2 atom stereocenters. The molecule has 0 saturated carbocycles. The lowest BCUT2D eigenvalue weighted by Gasteiger charge is -2.29. The molecule has 0 bridgehead atoms. The Kier molecular flexibility index (Phi) is 10.1. The summed E-state index contributed by atoms with van der Waals surface area (Å²) in [5.74, 6) is 1.63. The Morgan fingerprint density at radius 2 is 1.75 bits per heavy atom. The van der Waals surface area contributed by atoms with Crippen LogP contribution in [0.2, 0.25) is 0 Å². The summed E-state index contributed by atoms with van der Waals surface area (Å²) in [7, 11) is 1.62. The first-order valence-electron chi connectivity index (χ1n) is 11.1. The topological polar surface area (TPSA) is 58.6 Å². The largest absolute Gasteiger partial charge is 0.497 e. The molecule has 2 aromatic carbocycles. The van der Waals surface area contributed by atoms with Gasteiger partial charge in [0.25, 0.3) is 0 Å². The van der Waals surface area contributed by atoms with E-state index in [4.69, 9.17) is 4.74 Å². The van der Waals surface area contributed by atoms with Gasteiger partial charge >= 0.3 is 0 Å². The lowest BCUT2D eigenvalue weighted by molar-refractivity contribution is -0.138. The highest BCUT2D eigenvalue weighted by molar-refractivity contribution is 7.99. The van der Waals surface area contributed by atoms with E-state index in [9.17, 15) is 9.59 Å². The molecule has 32 heavy (non-hydrogen) atoms. The number of ether oxygens (including phenoxy) is 1. The molecule has 0 aromatic heterocycles. The number of methoxy groups -OCH3 is 1. The molecule has 0 aliphatic carbocycles. The molecule has 0 heterocycles. The van der Waals surface area contributed by atoms with Crippen LogP contribution in [0.5, 0.6) is 5.75 Å². The molecule has 174 valence electrons. The SMILES string of the molecule is CCC(C)NC(=O)C(C)N(Cc1cccc(OC)c1)C(=O)CSCc1cc(C)cc(C)c1. The van der Waals surface area contributed by atoms with E-state index in [-0.39, 0.29) is 17.9 Å². The fraction of sp³-hybridized carbons (Fsp3) is 0.462. The van der Waals surface area contributed by atoms with Crippen molar-refractivity contribution >= 4 is 23.6 Å². The average Bonchev–Trinajstić information content (AvgIpc) is 2.76. The highest BCUT2D eigenvalue weighted by atomic mass is 32.2. The van der Waals surface area contributed by atoms with Gasteiger partial charge in [0.15, 0.2) is 0 Å². The summed E-state index contributed by atoms with van der Waals surface area (Å²) >= 11 is 1.58. The molecule has 2 amide bonds. The maximum atomic E-state index is 13.2. The summed E-state index contributed by atoms with van der Waals surface area (Å²) in [6.07, 6.45) is 0.841. The Morgan fingerprint density at radius 1 is 1.06 bits per heavy atom. The number of nitrogens with one attached hydrogen (secondary N) is 1. The number of benzene rings is 2. The van der Waals surface area contributed by atoms with Crippen LogP contribution in [0.4, 0.5) is 0 Å². The molecule has 0 saturated heterocycles. The summed E-state index contributed by atoms with van der Waals surface area (Å²) in [5.41, 5.74) is 4.59. The molecule has 0 fully saturated rings. The summed E-state index contributed by atoms with van der Waals surface area (Å²) in [6.45, 7) is 10.3. The number of nitrogens with zero attached hydrogens (tertiary/aromatic N) is 1. The third kappa shape index (κ3) is 7.90. The van der Waals surface area contributed by atoms with E-state index in [1.165, 1.54) is 16.7 Å². The van der Waals surface area contributed by atoms with Crippen LogP contribution < -0.4 is 10.1 Å². The van der Waals surface area contributed by atoms with Crippen molar-refractivity contribution in [3.8, 4) is 5.75 Å². The first-order valence-corrected chi connectivity index (χ1v) is 12.3. The Morgan fingerprint density at radius 3 is 2.38 bits per heavy atom. The molecule has 6 heteroatoms. The van der Waals surface area contributed by atoms with Crippen molar-refractivity contribution in [1.82, 2.24) is 10.2 Å². The predicted molar refractivity (Wildman–Crippen MR) is 133 cm³/mol. The van der Waals surface area contributed by atoms with Gasteiger partial charge in [-0.05, 0) is 57.4 Å². The van der Waals surface area contributed by atoms with Gasteiger partial charge in [-0.15, -0.1) is 11.8 Å². The normalized spacial score (nSPS) is 12.7. The van der Waals surface area contributed by atoms with Gasteiger partial charge in [0.05, 0.1) is 12.9 Å². The summed E-state index contributed by atoms with van der Waals surface area (Å²) in [4.78, 5) is 27.7. The summed E-state index contributed by atoms with van der Waals surface area (Å²) in [5, 5.41) is 3.00. The van der Waals surface area contributed by atoms with Gasteiger partial charge in [0.2, 0.25) is 11.8 Å². The van der Waals surface area contributed by atoms with Crippen LogP contribution in [0.15, 0.2) is 42.5 Å². The third-order valence-corrected chi connectivity index (χ3v) is 6.42. The minimum absolute atomic E-state index is 0.0472. The number of thioether (sulfide) groups is 1. The van der Waals surface area contributed by atoms with Crippen LogP contribution in [-0.4, -0.2) is 41.7 Å². The van der Waals surface area contributed by atoms with E-state index in [0.717, 1.165) is 23.5 Å². The molecular weight excluding hydrogens is 420 g/mol. The van der Waals surface area contributed by atoms with Crippen LogP contribution in [0.25, 0.3) is 0 Å². The molecule has 2 unspecified atom stereocenters. The lowest BCUT2D eigenvalue weighted by Crippen LogP contribution is -2.50. The number of carbonyl (C=O) groups excluding carboxylic acids is 2. The first kappa shape index (κ1) is 25.8. The highest BCUT2D eigenvalue weighted by Crippen LogP contribution is 2.20. The van der Waals surface area contributed by atoms with Crippen LogP contribution in [-0.2, 0) is 21.9 Å². The van der Waals surface area contributed by atoms with Gasteiger partial charge < -0.3 is 15.0 Å². The van der Waals surface area contributed by atoms with Crippen molar-refractivity contribution < 1.29 is 14.3 Å². The smallest absolute Gasteiger partial charge is 0.242 e. The fourth-order valence-corrected chi connectivity index (χ4v) is 4.35. The Bertz CT molecular complexity index is 895. The van der Waals surface area contributed by atoms with E-state index in [0.29, 0.717) is 12.3 Å². The number of rotatable bonds is 11. The number of amides is 2. The van der Waals surface area contributed by atoms with Crippen molar-refractivity contribution in [3.63, 3.8) is 0 Å². The Hall–Kier alpha value is -2.47. The second kappa shape index (κ2) is 12.5. The van der Waals surface area contributed by atoms with E-state index < -0.39 is 6.04 Å². The van der Waals surface area contributed by atoms with E-state index >= 15 is 0 Å². The van der Waals surface area contributed by atoms with Crippen LogP contribution in [0.3, 0.4) is 0 Å².